The van der Waals surface area contributed by atoms with Gasteiger partial charge in [0.05, 0.1) is 11.4 Å². The Hall–Kier alpha value is -3.51. The van der Waals surface area contributed by atoms with E-state index in [9.17, 15) is 0 Å². The van der Waals surface area contributed by atoms with Crippen molar-refractivity contribution in [2.45, 2.75) is 26.2 Å². The molecule has 0 N–H and O–H groups in total. The number of hydrogen-bond acceptors (Lipinski definition) is 6. The molecule has 0 radical (unpaired) electrons. The third-order valence-corrected chi connectivity index (χ3v) is 6.98. The summed E-state index contributed by atoms with van der Waals surface area (Å²) >= 11 is 1.54. The summed E-state index contributed by atoms with van der Waals surface area (Å²) in [4.78, 5) is 24.5. The van der Waals surface area contributed by atoms with Gasteiger partial charge in [0, 0.05) is 40.2 Å². The Labute approximate surface area is 183 Å². The summed E-state index contributed by atoms with van der Waals surface area (Å²) in [7, 11) is 0. The average Bonchev–Trinajstić information content (AvgIpc) is 3.32. The van der Waals surface area contributed by atoms with Crippen LogP contribution >= 0.6 is 11.3 Å². The lowest BCUT2D eigenvalue weighted by Crippen LogP contribution is -2.17. The Morgan fingerprint density at radius 1 is 0.871 bits per heavy atom. The second-order valence-electron chi connectivity index (χ2n) is 8.30. The molecule has 1 aliphatic carbocycles. The van der Waals surface area contributed by atoms with Crippen LogP contribution in [0.2, 0.25) is 0 Å². The van der Waals surface area contributed by atoms with Gasteiger partial charge in [-0.05, 0) is 36.8 Å². The molecule has 6 rings (SSSR count). The van der Waals surface area contributed by atoms with Gasteiger partial charge in [-0.15, -0.1) is 0 Å². The van der Waals surface area contributed by atoms with Crippen molar-refractivity contribution in [1.29, 1.82) is 0 Å². The Morgan fingerprint density at radius 2 is 1.74 bits per heavy atom. The molecule has 5 aromatic rings. The van der Waals surface area contributed by atoms with Crippen LogP contribution in [0.1, 0.15) is 30.7 Å². The second kappa shape index (κ2) is 6.49. The summed E-state index contributed by atoms with van der Waals surface area (Å²) in [6.45, 7) is 6.58. The van der Waals surface area contributed by atoms with Gasteiger partial charge in [0.25, 0.3) is 0 Å². The van der Waals surface area contributed by atoms with Gasteiger partial charge in [0.15, 0.2) is 5.82 Å². The number of hydrogen-bond donors (Lipinski definition) is 0. The van der Waals surface area contributed by atoms with Crippen molar-refractivity contribution in [3.05, 3.63) is 77.7 Å². The van der Waals surface area contributed by atoms with Gasteiger partial charge in [0.1, 0.15) is 15.4 Å². The first-order chi connectivity index (χ1) is 15.0. The van der Waals surface area contributed by atoms with Gasteiger partial charge < -0.3 is 0 Å². The fourth-order valence-corrected chi connectivity index (χ4v) is 5.46. The third kappa shape index (κ3) is 2.72. The van der Waals surface area contributed by atoms with Crippen LogP contribution in [0, 0.1) is 6.92 Å². The summed E-state index contributed by atoms with van der Waals surface area (Å²) in [5, 5.41) is 0.847. The van der Waals surface area contributed by atoms with Crippen molar-refractivity contribution in [3.63, 3.8) is 0 Å². The molecule has 0 bridgehead atoms. The molecular weight excluding hydrogens is 402 g/mol. The quantitative estimate of drug-likeness (QED) is 0.359. The topological polar surface area (TPSA) is 64.5 Å². The molecule has 4 aromatic heterocycles. The molecule has 0 atom stereocenters. The van der Waals surface area contributed by atoms with Gasteiger partial charge in [-0.1, -0.05) is 49.4 Å². The van der Waals surface area contributed by atoms with Crippen molar-refractivity contribution in [1.82, 2.24) is 24.9 Å². The van der Waals surface area contributed by atoms with Crippen LogP contribution in [0.15, 0.2) is 60.9 Å². The van der Waals surface area contributed by atoms with E-state index < -0.39 is 0 Å². The molecule has 0 unspecified atom stereocenters. The van der Waals surface area contributed by atoms with E-state index in [4.69, 9.17) is 15.0 Å². The second-order valence-corrected chi connectivity index (χ2v) is 9.28. The van der Waals surface area contributed by atoms with Crippen molar-refractivity contribution < 1.29 is 0 Å². The number of nitrogens with zero attached hydrogens (tertiary/aromatic N) is 5. The number of rotatable bonds is 2. The Balaban J connectivity index is 1.50. The largest absolute Gasteiger partial charge is 0.254 e. The molecule has 0 spiro atoms. The molecule has 0 saturated carbocycles. The highest BCUT2D eigenvalue weighted by Gasteiger charge is 2.38. The van der Waals surface area contributed by atoms with Gasteiger partial charge in [-0.25, -0.2) is 19.9 Å². The highest BCUT2D eigenvalue weighted by molar-refractivity contribution is 7.21. The van der Waals surface area contributed by atoms with E-state index in [2.05, 4.69) is 55.0 Å². The minimum atomic E-state index is -0.105. The first-order valence-corrected chi connectivity index (χ1v) is 11.0. The summed E-state index contributed by atoms with van der Waals surface area (Å²) in [5.41, 5.74) is 8.29. The van der Waals surface area contributed by atoms with Crippen LogP contribution in [-0.4, -0.2) is 24.9 Å². The predicted molar refractivity (Wildman–Crippen MR) is 124 cm³/mol. The van der Waals surface area contributed by atoms with E-state index in [0.717, 1.165) is 38.0 Å². The van der Waals surface area contributed by atoms with E-state index in [1.54, 1.807) is 23.7 Å². The predicted octanol–water partition coefficient (Wildman–Crippen LogP) is 5.83. The molecule has 1 aromatic carbocycles. The minimum absolute atomic E-state index is 0.105. The maximum Gasteiger partial charge on any atom is 0.160 e. The van der Waals surface area contributed by atoms with Crippen LogP contribution < -0.4 is 0 Å². The van der Waals surface area contributed by atoms with Crippen LogP contribution in [0.3, 0.4) is 0 Å². The van der Waals surface area contributed by atoms with E-state index in [1.165, 1.54) is 16.7 Å². The van der Waals surface area contributed by atoms with Gasteiger partial charge in [0.2, 0.25) is 0 Å². The lowest BCUT2D eigenvalue weighted by atomic mass is 9.82. The fraction of sp³-hybridized carbons (Fsp3) is 0.160. The maximum absolute atomic E-state index is 5.03. The first-order valence-electron chi connectivity index (χ1n) is 10.2. The highest BCUT2D eigenvalue weighted by Crippen LogP contribution is 2.49. The molecule has 31 heavy (non-hydrogen) atoms. The van der Waals surface area contributed by atoms with Crippen LogP contribution in [0.5, 0.6) is 0 Å². The zero-order chi connectivity index (χ0) is 21.2. The lowest BCUT2D eigenvalue weighted by molar-refractivity contribution is 0.649. The monoisotopic (exact) mass is 421 g/mol. The number of aromatic nitrogens is 5. The Bertz CT molecular complexity index is 1450. The molecule has 150 valence electrons. The zero-order valence-corrected chi connectivity index (χ0v) is 18.2. The smallest absolute Gasteiger partial charge is 0.160 e. The van der Waals surface area contributed by atoms with Gasteiger partial charge >= 0.3 is 0 Å². The standard InChI is InChI=1S/C25H19N5S/c1-14-20-21(16-7-4-5-8-17(16)25(20,2)3)30-22(28-14)15-10-12-26-19(13-15)24-29-18-9-6-11-27-23(18)31-24/h4-13H,1-3H3. The van der Waals surface area contributed by atoms with Gasteiger partial charge in [-0.3, -0.25) is 4.98 Å². The molecule has 6 heteroatoms. The normalized spacial score (nSPS) is 13.9. The summed E-state index contributed by atoms with van der Waals surface area (Å²) < 4.78 is 0. The summed E-state index contributed by atoms with van der Waals surface area (Å²) in [5.74, 6) is 0.714. The van der Waals surface area contributed by atoms with Crippen LogP contribution in [0.4, 0.5) is 0 Å². The number of fused-ring (bicyclic) bond motifs is 4. The van der Waals surface area contributed by atoms with Crippen molar-refractivity contribution in [3.8, 4) is 33.3 Å². The molecule has 0 fully saturated rings. The number of thiazole rings is 1. The van der Waals surface area contributed by atoms with E-state index in [-0.39, 0.29) is 5.41 Å². The summed E-state index contributed by atoms with van der Waals surface area (Å²) in [6, 6.07) is 16.4. The van der Waals surface area contributed by atoms with E-state index in [1.807, 2.05) is 24.3 Å². The van der Waals surface area contributed by atoms with Crippen molar-refractivity contribution >= 4 is 21.7 Å². The first kappa shape index (κ1) is 18.3. The maximum atomic E-state index is 5.03. The molecule has 0 amide bonds. The van der Waals surface area contributed by atoms with Crippen molar-refractivity contribution in [2.24, 2.45) is 0 Å². The lowest BCUT2D eigenvalue weighted by Gasteiger charge is -2.22. The van der Waals surface area contributed by atoms with Gasteiger partial charge in [-0.2, -0.15) is 0 Å². The SMILES string of the molecule is Cc1nc(-c2ccnc(-c3nc4cccnc4s3)c2)nc2c1C(C)(C)c1ccccc1-2. The Kier molecular flexibility index (Phi) is 3.83. The van der Waals surface area contributed by atoms with E-state index >= 15 is 0 Å². The molecular formula is C25H19N5S. The third-order valence-electron chi connectivity index (χ3n) is 5.97. The van der Waals surface area contributed by atoms with E-state index in [0.29, 0.717) is 5.82 Å². The molecule has 5 nitrogen and oxygen atoms in total. The highest BCUT2D eigenvalue weighted by atomic mass is 32.1. The molecule has 0 aliphatic heterocycles. The van der Waals surface area contributed by atoms with Crippen molar-refractivity contribution in [2.75, 3.05) is 0 Å². The zero-order valence-electron chi connectivity index (χ0n) is 17.4. The fourth-order valence-electron chi connectivity index (χ4n) is 4.58. The number of benzene rings is 1. The molecule has 1 aliphatic rings. The minimum Gasteiger partial charge on any atom is -0.254 e. The average molecular weight is 422 g/mol. The number of aryl methyl sites for hydroxylation is 1. The van der Waals surface area contributed by atoms with Crippen LogP contribution in [0.25, 0.3) is 43.7 Å². The molecule has 4 heterocycles. The molecule has 0 saturated heterocycles. The van der Waals surface area contributed by atoms with Crippen LogP contribution in [-0.2, 0) is 5.41 Å². The summed E-state index contributed by atoms with van der Waals surface area (Å²) in [6.07, 6.45) is 3.59. The Morgan fingerprint density at radius 3 is 2.61 bits per heavy atom. The number of pyridine rings is 2.